The summed E-state index contributed by atoms with van der Waals surface area (Å²) in [7, 11) is 0. The Morgan fingerprint density at radius 1 is 1.50 bits per heavy atom. The van der Waals surface area contributed by atoms with Crippen LogP contribution in [-0.4, -0.2) is 28.8 Å². The molecule has 0 aliphatic heterocycles. The van der Waals surface area contributed by atoms with E-state index < -0.39 is 0 Å². The van der Waals surface area contributed by atoms with Crippen molar-refractivity contribution in [2.45, 2.75) is 51.0 Å². The van der Waals surface area contributed by atoms with E-state index >= 15 is 0 Å². The second-order valence-electron chi connectivity index (χ2n) is 6.36. The van der Waals surface area contributed by atoms with Crippen molar-refractivity contribution in [2.75, 3.05) is 6.61 Å². The minimum absolute atomic E-state index is 0.0355. The van der Waals surface area contributed by atoms with E-state index in [0.717, 1.165) is 40.9 Å². The smallest absolute Gasteiger partial charge is 0.308 e. The zero-order valence-electron chi connectivity index (χ0n) is 12.7. The summed E-state index contributed by atoms with van der Waals surface area (Å²) in [6.45, 7) is 2.30. The molecule has 6 heteroatoms. The SMILES string of the molecule is CCOC(=O)C1CCC(C(O)[C@H]2C[C@@H]2c2ncc(Br)s2)CC1. The van der Waals surface area contributed by atoms with Crippen molar-refractivity contribution < 1.29 is 14.6 Å². The molecular formula is C16H22BrNO3S. The van der Waals surface area contributed by atoms with Gasteiger partial charge in [-0.15, -0.1) is 11.3 Å². The van der Waals surface area contributed by atoms with Gasteiger partial charge >= 0.3 is 5.97 Å². The maximum absolute atomic E-state index is 11.8. The van der Waals surface area contributed by atoms with Gasteiger partial charge in [-0.3, -0.25) is 4.79 Å². The lowest BCUT2D eigenvalue weighted by molar-refractivity contribution is -0.149. The number of ether oxygens (including phenoxy) is 1. The average molecular weight is 388 g/mol. The van der Waals surface area contributed by atoms with Crippen LogP contribution in [0.3, 0.4) is 0 Å². The van der Waals surface area contributed by atoms with Crippen LogP contribution in [0.25, 0.3) is 0 Å². The molecule has 3 rings (SSSR count). The number of rotatable bonds is 5. The maximum atomic E-state index is 11.8. The van der Waals surface area contributed by atoms with Gasteiger partial charge in [-0.05, 0) is 66.8 Å². The van der Waals surface area contributed by atoms with Gasteiger partial charge in [-0.25, -0.2) is 4.98 Å². The largest absolute Gasteiger partial charge is 0.466 e. The Labute approximate surface area is 143 Å². The first-order chi connectivity index (χ1) is 10.6. The van der Waals surface area contributed by atoms with Gasteiger partial charge < -0.3 is 9.84 Å². The highest BCUT2D eigenvalue weighted by molar-refractivity contribution is 9.11. The van der Waals surface area contributed by atoms with Crippen LogP contribution in [0.1, 0.15) is 50.0 Å². The lowest BCUT2D eigenvalue weighted by atomic mass is 9.78. The summed E-state index contributed by atoms with van der Waals surface area (Å²) in [5, 5.41) is 11.8. The Morgan fingerprint density at radius 2 is 2.23 bits per heavy atom. The van der Waals surface area contributed by atoms with Crippen molar-refractivity contribution in [3.63, 3.8) is 0 Å². The van der Waals surface area contributed by atoms with Crippen LogP contribution >= 0.6 is 27.3 Å². The number of hydrogen-bond donors (Lipinski definition) is 1. The number of hydrogen-bond acceptors (Lipinski definition) is 5. The molecule has 22 heavy (non-hydrogen) atoms. The summed E-state index contributed by atoms with van der Waals surface area (Å²) in [5.74, 6) is 1.07. The van der Waals surface area contributed by atoms with Crippen LogP contribution in [-0.2, 0) is 9.53 Å². The number of aliphatic hydroxyl groups is 1. The summed E-state index contributed by atoms with van der Waals surface area (Å²) in [6, 6.07) is 0. The molecule has 1 unspecified atom stereocenters. The third-order valence-electron chi connectivity index (χ3n) is 4.97. The summed E-state index contributed by atoms with van der Waals surface area (Å²) in [4.78, 5) is 16.2. The van der Waals surface area contributed by atoms with Gasteiger partial charge in [-0.1, -0.05) is 0 Å². The van der Waals surface area contributed by atoms with Crippen LogP contribution in [0.4, 0.5) is 0 Å². The van der Waals surface area contributed by atoms with Crippen molar-refractivity contribution in [1.82, 2.24) is 4.98 Å². The molecule has 2 aliphatic rings. The first-order valence-corrected chi connectivity index (χ1v) is 9.67. The van der Waals surface area contributed by atoms with Gasteiger partial charge in [0.05, 0.1) is 33.6 Å². The quantitative estimate of drug-likeness (QED) is 0.781. The van der Waals surface area contributed by atoms with E-state index in [1.807, 2.05) is 13.1 Å². The van der Waals surface area contributed by atoms with Crippen LogP contribution < -0.4 is 0 Å². The van der Waals surface area contributed by atoms with Gasteiger partial charge in [0, 0.05) is 5.92 Å². The van der Waals surface area contributed by atoms with E-state index in [9.17, 15) is 9.90 Å². The number of halogens is 1. The van der Waals surface area contributed by atoms with E-state index in [0.29, 0.717) is 24.4 Å². The Bertz CT molecular complexity index is 527. The number of carbonyl (C=O) groups excluding carboxylic acids is 1. The van der Waals surface area contributed by atoms with Gasteiger partial charge in [-0.2, -0.15) is 0 Å². The first-order valence-electron chi connectivity index (χ1n) is 8.06. The van der Waals surface area contributed by atoms with E-state index in [1.165, 1.54) is 0 Å². The van der Waals surface area contributed by atoms with Gasteiger partial charge in [0.1, 0.15) is 0 Å². The molecule has 2 fully saturated rings. The van der Waals surface area contributed by atoms with Crippen molar-refractivity contribution in [3.05, 3.63) is 15.0 Å². The van der Waals surface area contributed by atoms with Crippen molar-refractivity contribution in [2.24, 2.45) is 17.8 Å². The van der Waals surface area contributed by atoms with Gasteiger partial charge in [0.2, 0.25) is 0 Å². The predicted molar refractivity (Wildman–Crippen MR) is 88.7 cm³/mol. The van der Waals surface area contributed by atoms with Crippen molar-refractivity contribution in [3.8, 4) is 0 Å². The minimum Gasteiger partial charge on any atom is -0.466 e. The standard InChI is InChI=1S/C16H22BrNO3S/c1-2-21-16(20)10-5-3-9(4-6-10)14(19)11-7-12(11)15-18-8-13(17)22-15/h8-12,14,19H,2-7H2,1H3/t9?,10?,11-,12-,14?/m0/s1. The second-order valence-corrected chi connectivity index (χ2v) is 8.80. The molecule has 1 N–H and O–H groups in total. The van der Waals surface area contributed by atoms with Gasteiger partial charge in [0.15, 0.2) is 0 Å². The Morgan fingerprint density at radius 3 is 2.82 bits per heavy atom. The average Bonchev–Trinajstić information content (AvgIpc) is 3.21. The van der Waals surface area contributed by atoms with E-state index in [4.69, 9.17) is 4.74 Å². The molecule has 0 radical (unpaired) electrons. The second kappa shape index (κ2) is 6.97. The van der Waals surface area contributed by atoms with Crippen LogP contribution in [0.2, 0.25) is 0 Å². The van der Waals surface area contributed by atoms with Crippen LogP contribution in [0.5, 0.6) is 0 Å². The number of carbonyl (C=O) groups is 1. The third-order valence-corrected chi connectivity index (χ3v) is 6.57. The Kier molecular flexibility index (Phi) is 5.20. The molecule has 0 saturated heterocycles. The molecule has 1 aromatic heterocycles. The summed E-state index contributed by atoms with van der Waals surface area (Å²) < 4.78 is 6.15. The van der Waals surface area contributed by atoms with E-state index in [1.54, 1.807) is 11.3 Å². The van der Waals surface area contributed by atoms with Crippen molar-refractivity contribution in [1.29, 1.82) is 0 Å². The maximum Gasteiger partial charge on any atom is 0.308 e. The normalized spacial score (nSPS) is 32.5. The van der Waals surface area contributed by atoms with E-state index in [-0.39, 0.29) is 18.0 Å². The third kappa shape index (κ3) is 3.54. The molecule has 3 atom stereocenters. The monoisotopic (exact) mass is 387 g/mol. The van der Waals surface area contributed by atoms with Gasteiger partial charge in [0.25, 0.3) is 0 Å². The predicted octanol–water partition coefficient (Wildman–Crippen LogP) is 3.74. The molecule has 0 amide bonds. The van der Waals surface area contributed by atoms with Crippen LogP contribution in [0, 0.1) is 17.8 Å². The number of aliphatic hydroxyl groups excluding tert-OH is 1. The number of nitrogens with zero attached hydrogens (tertiary/aromatic N) is 1. The molecule has 0 bridgehead atoms. The molecule has 122 valence electrons. The summed E-state index contributed by atoms with van der Waals surface area (Å²) >= 11 is 5.11. The number of esters is 1. The van der Waals surface area contributed by atoms with E-state index in [2.05, 4.69) is 20.9 Å². The molecule has 0 aromatic carbocycles. The zero-order valence-corrected chi connectivity index (χ0v) is 15.1. The Balaban J connectivity index is 1.49. The highest BCUT2D eigenvalue weighted by Gasteiger charge is 2.48. The molecule has 2 aliphatic carbocycles. The molecule has 4 nitrogen and oxygen atoms in total. The first kappa shape index (κ1) is 16.4. The molecule has 1 heterocycles. The minimum atomic E-state index is -0.254. The van der Waals surface area contributed by atoms with Crippen molar-refractivity contribution >= 4 is 33.2 Å². The van der Waals surface area contributed by atoms with Crippen LogP contribution in [0.15, 0.2) is 9.98 Å². The molecule has 0 spiro atoms. The highest BCUT2D eigenvalue weighted by atomic mass is 79.9. The summed E-state index contributed by atoms with van der Waals surface area (Å²) in [6.07, 6.45) is 6.17. The Hall–Kier alpha value is -0.460. The lowest BCUT2D eigenvalue weighted by Gasteiger charge is -2.30. The molecular weight excluding hydrogens is 366 g/mol. The lowest BCUT2D eigenvalue weighted by Crippen LogP contribution is -2.30. The highest BCUT2D eigenvalue weighted by Crippen LogP contribution is 2.53. The number of aromatic nitrogens is 1. The summed E-state index contributed by atoms with van der Waals surface area (Å²) in [5.41, 5.74) is 0. The fraction of sp³-hybridized carbons (Fsp3) is 0.750. The fourth-order valence-electron chi connectivity index (χ4n) is 3.62. The molecule has 1 aromatic rings. The zero-order chi connectivity index (χ0) is 15.7. The molecule has 2 saturated carbocycles. The fourth-order valence-corrected chi connectivity index (χ4v) is 5.05. The number of thiazole rings is 1. The topological polar surface area (TPSA) is 59.4 Å².